The Balaban J connectivity index is 2.61. The number of hydrogen-bond acceptors (Lipinski definition) is 4. The summed E-state index contributed by atoms with van der Waals surface area (Å²) >= 11 is 0. The fourth-order valence-corrected chi connectivity index (χ4v) is 2.46. The summed E-state index contributed by atoms with van der Waals surface area (Å²) in [6.45, 7) is 6.35. The molecule has 94 valence electrons. The molecule has 1 unspecified atom stereocenters. The van der Waals surface area contributed by atoms with Gasteiger partial charge >= 0.3 is 5.97 Å². The molecule has 4 nitrogen and oxygen atoms in total. The molecular formula is C12H22O4. The van der Waals surface area contributed by atoms with E-state index in [4.69, 9.17) is 14.9 Å². The Hall–Kier alpha value is -0.610. The molecule has 1 saturated carbocycles. The van der Waals surface area contributed by atoms with Crippen molar-refractivity contribution < 1.29 is 19.7 Å². The highest BCUT2D eigenvalue weighted by Crippen LogP contribution is 2.35. The molecule has 0 aromatic carbocycles. The zero-order valence-corrected chi connectivity index (χ0v) is 10.2. The molecule has 1 fully saturated rings. The van der Waals surface area contributed by atoms with Gasteiger partial charge in [0.1, 0.15) is 6.10 Å². The molecule has 1 aliphatic carbocycles. The Morgan fingerprint density at radius 3 is 2.44 bits per heavy atom. The van der Waals surface area contributed by atoms with Crippen LogP contribution in [0.15, 0.2) is 0 Å². The third-order valence-corrected chi connectivity index (χ3v) is 3.44. The zero-order valence-electron chi connectivity index (χ0n) is 10.2. The molecule has 16 heavy (non-hydrogen) atoms. The number of hydrogen-bond donors (Lipinski definition) is 2. The van der Waals surface area contributed by atoms with Crippen molar-refractivity contribution in [2.75, 3.05) is 0 Å². The number of carbonyl (C=O) groups excluding carboxylic acids is 1. The van der Waals surface area contributed by atoms with Gasteiger partial charge in [0.15, 0.2) is 0 Å². The van der Waals surface area contributed by atoms with Crippen molar-refractivity contribution in [3.8, 4) is 0 Å². The first kappa shape index (κ1) is 13.5. The van der Waals surface area contributed by atoms with Gasteiger partial charge in [0.25, 0.3) is 6.29 Å². The van der Waals surface area contributed by atoms with E-state index in [0.717, 1.165) is 19.3 Å². The molecule has 0 heterocycles. The van der Waals surface area contributed by atoms with E-state index < -0.39 is 12.3 Å². The van der Waals surface area contributed by atoms with Crippen LogP contribution in [-0.4, -0.2) is 28.6 Å². The first-order chi connectivity index (χ1) is 7.41. The van der Waals surface area contributed by atoms with Crippen LogP contribution < -0.4 is 0 Å². The normalized spacial score (nSPS) is 30.8. The fraction of sp³-hybridized carbons (Fsp3) is 0.917. The van der Waals surface area contributed by atoms with E-state index in [1.807, 2.05) is 0 Å². The van der Waals surface area contributed by atoms with Crippen LogP contribution in [0.2, 0.25) is 0 Å². The van der Waals surface area contributed by atoms with Crippen LogP contribution >= 0.6 is 0 Å². The van der Waals surface area contributed by atoms with Crippen LogP contribution in [0.3, 0.4) is 0 Å². The van der Waals surface area contributed by atoms with E-state index in [-0.39, 0.29) is 6.10 Å². The fourth-order valence-electron chi connectivity index (χ4n) is 2.46. The van der Waals surface area contributed by atoms with E-state index in [1.165, 1.54) is 0 Å². The van der Waals surface area contributed by atoms with Gasteiger partial charge in [-0.05, 0) is 30.6 Å². The molecule has 3 atom stereocenters. The van der Waals surface area contributed by atoms with Crippen LogP contribution in [0.25, 0.3) is 0 Å². The van der Waals surface area contributed by atoms with Crippen molar-refractivity contribution in [3.05, 3.63) is 0 Å². The Bertz CT molecular complexity index is 237. The molecule has 0 aromatic rings. The minimum Gasteiger partial charge on any atom is -0.458 e. The molecule has 0 saturated heterocycles. The molecule has 0 radical (unpaired) electrons. The highest BCUT2D eigenvalue weighted by Gasteiger charge is 2.34. The zero-order chi connectivity index (χ0) is 12.3. The maximum Gasteiger partial charge on any atom is 0.363 e. The summed E-state index contributed by atoms with van der Waals surface area (Å²) in [6, 6.07) is 0. The third-order valence-electron chi connectivity index (χ3n) is 3.44. The van der Waals surface area contributed by atoms with Crippen molar-refractivity contribution in [3.63, 3.8) is 0 Å². The van der Waals surface area contributed by atoms with Gasteiger partial charge < -0.3 is 14.9 Å². The lowest BCUT2D eigenvalue weighted by molar-refractivity contribution is -0.184. The molecule has 0 aromatic heterocycles. The molecule has 1 rings (SSSR count). The Morgan fingerprint density at radius 2 is 1.94 bits per heavy atom. The van der Waals surface area contributed by atoms with Gasteiger partial charge in [-0.15, -0.1) is 0 Å². The van der Waals surface area contributed by atoms with E-state index in [0.29, 0.717) is 17.8 Å². The van der Waals surface area contributed by atoms with E-state index in [2.05, 4.69) is 20.8 Å². The quantitative estimate of drug-likeness (QED) is 0.566. The van der Waals surface area contributed by atoms with Crippen molar-refractivity contribution in [2.45, 2.75) is 52.4 Å². The maximum atomic E-state index is 11.2. The molecule has 1 aliphatic rings. The minimum atomic E-state index is -2.01. The van der Waals surface area contributed by atoms with Crippen molar-refractivity contribution in [1.82, 2.24) is 0 Å². The second-order valence-corrected chi connectivity index (χ2v) is 5.18. The topological polar surface area (TPSA) is 66.8 Å². The smallest absolute Gasteiger partial charge is 0.363 e. The van der Waals surface area contributed by atoms with Gasteiger partial charge in [0.2, 0.25) is 0 Å². The number of esters is 1. The molecular weight excluding hydrogens is 208 g/mol. The van der Waals surface area contributed by atoms with Crippen molar-refractivity contribution in [1.29, 1.82) is 0 Å². The third kappa shape index (κ3) is 3.46. The van der Waals surface area contributed by atoms with Gasteiger partial charge in [-0.1, -0.05) is 27.2 Å². The van der Waals surface area contributed by atoms with Crippen molar-refractivity contribution in [2.24, 2.45) is 17.8 Å². The number of aliphatic hydroxyl groups excluding tert-OH is 1. The highest BCUT2D eigenvalue weighted by atomic mass is 16.6. The summed E-state index contributed by atoms with van der Waals surface area (Å²) < 4.78 is 5.16. The lowest BCUT2D eigenvalue weighted by atomic mass is 9.75. The van der Waals surface area contributed by atoms with Crippen LogP contribution in [-0.2, 0) is 9.53 Å². The number of ether oxygens (including phenoxy) is 1. The average molecular weight is 230 g/mol. The van der Waals surface area contributed by atoms with E-state index in [1.54, 1.807) is 0 Å². The summed E-state index contributed by atoms with van der Waals surface area (Å²) in [6.07, 6.45) is 0.834. The highest BCUT2D eigenvalue weighted by molar-refractivity contribution is 5.72. The predicted molar refractivity (Wildman–Crippen MR) is 59.4 cm³/mol. The van der Waals surface area contributed by atoms with Crippen molar-refractivity contribution >= 4 is 5.97 Å². The monoisotopic (exact) mass is 230 g/mol. The van der Waals surface area contributed by atoms with Gasteiger partial charge in [-0.25, -0.2) is 4.79 Å². The van der Waals surface area contributed by atoms with Crippen LogP contribution in [0.1, 0.15) is 40.0 Å². The predicted octanol–water partition coefficient (Wildman–Crippen LogP) is 1.30. The largest absolute Gasteiger partial charge is 0.458 e. The molecule has 4 heteroatoms. The minimum absolute atomic E-state index is 0.168. The first-order valence-corrected chi connectivity index (χ1v) is 5.98. The van der Waals surface area contributed by atoms with Crippen LogP contribution in [0.4, 0.5) is 0 Å². The van der Waals surface area contributed by atoms with E-state index >= 15 is 0 Å². The van der Waals surface area contributed by atoms with E-state index in [9.17, 15) is 4.79 Å². The Morgan fingerprint density at radius 1 is 1.31 bits per heavy atom. The lowest BCUT2D eigenvalue weighted by Gasteiger charge is -2.36. The van der Waals surface area contributed by atoms with Crippen LogP contribution in [0.5, 0.6) is 0 Å². The Kier molecular flexibility index (Phi) is 4.74. The SMILES string of the molecule is CC1CC[C@@H](C(C)C)[C@H](OC(=O)C(O)O)C1. The molecule has 2 N–H and O–H groups in total. The molecule has 0 amide bonds. The molecule has 0 aliphatic heterocycles. The van der Waals surface area contributed by atoms with Gasteiger partial charge in [-0.2, -0.15) is 0 Å². The standard InChI is InChI=1S/C12H22O4/c1-7(2)9-5-4-8(3)6-10(9)16-12(15)11(13)14/h7-11,13-14H,4-6H2,1-3H3/t8?,9-,10+/m0/s1. The number of carbonyl (C=O) groups is 1. The lowest BCUT2D eigenvalue weighted by Crippen LogP contribution is -2.38. The second-order valence-electron chi connectivity index (χ2n) is 5.18. The molecule has 0 bridgehead atoms. The van der Waals surface area contributed by atoms with Gasteiger partial charge in [0.05, 0.1) is 0 Å². The summed E-state index contributed by atoms with van der Waals surface area (Å²) in [5.41, 5.74) is 0. The number of rotatable bonds is 3. The first-order valence-electron chi connectivity index (χ1n) is 5.98. The van der Waals surface area contributed by atoms with Gasteiger partial charge in [-0.3, -0.25) is 0 Å². The second kappa shape index (κ2) is 5.64. The Labute approximate surface area is 96.6 Å². The average Bonchev–Trinajstić information content (AvgIpc) is 2.16. The summed E-state index contributed by atoms with van der Waals surface area (Å²) in [5, 5.41) is 17.4. The summed E-state index contributed by atoms with van der Waals surface area (Å²) in [5.74, 6) is 0.383. The van der Waals surface area contributed by atoms with Crippen LogP contribution in [0, 0.1) is 17.8 Å². The number of aliphatic hydroxyl groups is 2. The maximum absolute atomic E-state index is 11.2. The summed E-state index contributed by atoms with van der Waals surface area (Å²) in [4.78, 5) is 11.2. The van der Waals surface area contributed by atoms with Gasteiger partial charge in [0, 0.05) is 0 Å². The molecule has 0 spiro atoms. The summed E-state index contributed by atoms with van der Waals surface area (Å²) in [7, 11) is 0.